The van der Waals surface area contributed by atoms with E-state index in [9.17, 15) is 4.79 Å². The zero-order valence-electron chi connectivity index (χ0n) is 18.7. The fourth-order valence-electron chi connectivity index (χ4n) is 4.45. The van der Waals surface area contributed by atoms with Gasteiger partial charge in [0, 0.05) is 43.5 Å². The maximum atomic E-state index is 11.7. The standard InChI is InChI=1S/C21H28N4O2.2CH2O2/c1-24(19-10-17-12-21(26)23-13-18(17)11-19)14-16-4-2-3-5-20(16)27-9-8-25-7-6-22-15-25;2*2-1-3/h2-7,15,17-19H,8-14H2,1H3,(H,23,26);2*1H,(H,2,3)/t17-,18+,19-;;/m1../s1. The molecule has 2 aromatic rings. The maximum absolute atomic E-state index is 11.7. The predicted molar refractivity (Wildman–Crippen MR) is 121 cm³/mol. The van der Waals surface area contributed by atoms with Gasteiger partial charge in [-0.15, -0.1) is 0 Å². The van der Waals surface area contributed by atoms with Crippen molar-refractivity contribution < 1.29 is 29.3 Å². The second-order valence-electron chi connectivity index (χ2n) is 8.04. The van der Waals surface area contributed by atoms with Crippen molar-refractivity contribution in [1.82, 2.24) is 19.8 Å². The van der Waals surface area contributed by atoms with Gasteiger partial charge >= 0.3 is 0 Å². The van der Waals surface area contributed by atoms with Gasteiger partial charge in [-0.25, -0.2) is 4.98 Å². The van der Waals surface area contributed by atoms with E-state index in [0.717, 1.165) is 31.8 Å². The number of carboxylic acid groups (broad SMARTS) is 2. The summed E-state index contributed by atoms with van der Waals surface area (Å²) in [6.07, 6.45) is 8.53. The lowest BCUT2D eigenvalue weighted by molar-refractivity contribution is -0.124. The molecule has 1 aromatic carbocycles. The molecule has 10 heteroatoms. The molecule has 0 radical (unpaired) electrons. The Labute approximate surface area is 193 Å². The van der Waals surface area contributed by atoms with Crippen molar-refractivity contribution in [2.24, 2.45) is 11.8 Å². The molecule has 33 heavy (non-hydrogen) atoms. The third kappa shape index (κ3) is 8.23. The minimum atomic E-state index is -0.250. The molecule has 1 aromatic heterocycles. The monoisotopic (exact) mass is 460 g/mol. The first-order valence-electron chi connectivity index (χ1n) is 10.8. The molecule has 1 saturated heterocycles. The first-order valence-corrected chi connectivity index (χ1v) is 10.8. The summed E-state index contributed by atoms with van der Waals surface area (Å²) in [5.41, 5.74) is 1.22. The van der Waals surface area contributed by atoms with Gasteiger partial charge in [-0.05, 0) is 37.8 Å². The van der Waals surface area contributed by atoms with Crippen molar-refractivity contribution in [2.75, 3.05) is 20.2 Å². The Morgan fingerprint density at radius 2 is 1.91 bits per heavy atom. The second kappa shape index (κ2) is 13.9. The summed E-state index contributed by atoms with van der Waals surface area (Å²) in [5.74, 6) is 2.36. The SMILES string of the molecule is CN(Cc1ccccc1OCCn1ccnc1)[C@H]1C[C@H]2CNC(=O)C[C@H]2C1.O=CO.O=CO. The molecule has 2 fully saturated rings. The molecule has 0 unspecified atom stereocenters. The number of carbonyl (C=O) groups is 3. The lowest BCUT2D eigenvalue weighted by atomic mass is 9.89. The fraction of sp³-hybridized carbons (Fsp3) is 0.478. The molecule has 3 atom stereocenters. The Hall–Kier alpha value is -3.40. The van der Waals surface area contributed by atoms with Crippen LogP contribution in [0.4, 0.5) is 0 Å². The summed E-state index contributed by atoms with van der Waals surface area (Å²) in [6.45, 7) is 2.63. The van der Waals surface area contributed by atoms with E-state index in [1.54, 1.807) is 6.20 Å². The highest BCUT2D eigenvalue weighted by atomic mass is 16.5. The number of piperidine rings is 1. The third-order valence-electron chi connectivity index (χ3n) is 6.01. The number of benzene rings is 1. The van der Waals surface area contributed by atoms with Gasteiger partial charge in [-0.3, -0.25) is 19.3 Å². The highest BCUT2D eigenvalue weighted by molar-refractivity contribution is 5.77. The Kier molecular flexibility index (Phi) is 10.9. The van der Waals surface area contributed by atoms with Crippen LogP contribution in [-0.4, -0.2) is 69.8 Å². The molecule has 2 aliphatic rings. The second-order valence-corrected chi connectivity index (χ2v) is 8.04. The minimum absolute atomic E-state index is 0.219. The van der Waals surface area contributed by atoms with Crippen LogP contribution in [0.15, 0.2) is 43.0 Å². The van der Waals surface area contributed by atoms with Gasteiger partial charge in [-0.2, -0.15) is 0 Å². The summed E-state index contributed by atoms with van der Waals surface area (Å²) in [5, 5.41) is 16.8. The summed E-state index contributed by atoms with van der Waals surface area (Å²) in [6, 6.07) is 8.83. The van der Waals surface area contributed by atoms with Gasteiger partial charge in [-0.1, -0.05) is 18.2 Å². The van der Waals surface area contributed by atoms with Crippen molar-refractivity contribution in [3.05, 3.63) is 48.5 Å². The average Bonchev–Trinajstić information content (AvgIpc) is 3.45. The number of aromatic nitrogens is 2. The van der Waals surface area contributed by atoms with Crippen LogP contribution in [0.25, 0.3) is 0 Å². The van der Waals surface area contributed by atoms with Crippen LogP contribution in [-0.2, 0) is 27.5 Å². The van der Waals surface area contributed by atoms with E-state index < -0.39 is 0 Å². The van der Waals surface area contributed by atoms with Crippen LogP contribution in [0.1, 0.15) is 24.8 Å². The fourth-order valence-corrected chi connectivity index (χ4v) is 4.45. The molecule has 10 nitrogen and oxygen atoms in total. The molecule has 4 rings (SSSR count). The quantitative estimate of drug-likeness (QED) is 0.532. The molecule has 3 N–H and O–H groups in total. The summed E-state index contributed by atoms with van der Waals surface area (Å²) in [4.78, 5) is 34.9. The molecular weight excluding hydrogens is 428 g/mol. The number of amides is 1. The van der Waals surface area contributed by atoms with E-state index in [4.69, 9.17) is 24.5 Å². The van der Waals surface area contributed by atoms with Crippen LogP contribution < -0.4 is 10.1 Å². The van der Waals surface area contributed by atoms with Crippen LogP contribution in [0.2, 0.25) is 0 Å². The number of nitrogens with one attached hydrogen (secondary N) is 1. The topological polar surface area (TPSA) is 134 Å². The van der Waals surface area contributed by atoms with Crippen molar-refractivity contribution in [1.29, 1.82) is 0 Å². The highest BCUT2D eigenvalue weighted by Crippen LogP contribution is 2.38. The molecule has 1 aliphatic carbocycles. The van der Waals surface area contributed by atoms with E-state index in [2.05, 4.69) is 34.4 Å². The lowest BCUT2D eigenvalue weighted by Gasteiger charge is -2.25. The predicted octanol–water partition coefficient (Wildman–Crippen LogP) is 1.71. The summed E-state index contributed by atoms with van der Waals surface area (Å²) < 4.78 is 8.07. The van der Waals surface area contributed by atoms with E-state index in [-0.39, 0.29) is 18.9 Å². The molecule has 0 spiro atoms. The number of hydrogen-bond acceptors (Lipinski definition) is 6. The number of rotatable bonds is 7. The van der Waals surface area contributed by atoms with E-state index in [1.165, 1.54) is 12.0 Å². The third-order valence-corrected chi connectivity index (χ3v) is 6.01. The summed E-state index contributed by atoms with van der Waals surface area (Å²) >= 11 is 0. The van der Waals surface area contributed by atoms with Crippen molar-refractivity contribution in [3.63, 3.8) is 0 Å². The highest BCUT2D eigenvalue weighted by Gasteiger charge is 2.39. The smallest absolute Gasteiger partial charge is 0.290 e. The van der Waals surface area contributed by atoms with Gasteiger partial charge in [0.15, 0.2) is 0 Å². The largest absolute Gasteiger partial charge is 0.491 e. The first-order chi connectivity index (χ1) is 16.0. The molecular formula is C23H32N4O6. The lowest BCUT2D eigenvalue weighted by Crippen LogP contribution is -2.38. The number of para-hydroxylation sites is 1. The van der Waals surface area contributed by atoms with Crippen molar-refractivity contribution in [2.45, 2.75) is 38.4 Å². The van der Waals surface area contributed by atoms with Crippen LogP contribution in [0, 0.1) is 11.8 Å². The Balaban J connectivity index is 0.000000582. The number of imidazole rings is 1. The number of carbonyl (C=O) groups excluding carboxylic acids is 1. The zero-order valence-corrected chi connectivity index (χ0v) is 18.7. The van der Waals surface area contributed by atoms with Crippen molar-refractivity contribution >= 4 is 18.9 Å². The molecule has 180 valence electrons. The first kappa shape index (κ1) is 25.9. The molecule has 2 heterocycles. The van der Waals surface area contributed by atoms with E-state index in [1.807, 2.05) is 29.2 Å². The van der Waals surface area contributed by atoms with Crippen LogP contribution in [0.3, 0.4) is 0 Å². The summed E-state index contributed by atoms with van der Waals surface area (Å²) in [7, 11) is 2.19. The van der Waals surface area contributed by atoms with Crippen LogP contribution >= 0.6 is 0 Å². The van der Waals surface area contributed by atoms with Crippen LogP contribution in [0.5, 0.6) is 5.75 Å². The molecule has 1 aliphatic heterocycles. The van der Waals surface area contributed by atoms with Gasteiger partial charge in [0.2, 0.25) is 5.91 Å². The molecule has 1 amide bonds. The van der Waals surface area contributed by atoms with Gasteiger partial charge in [0.25, 0.3) is 12.9 Å². The Morgan fingerprint density at radius 1 is 1.21 bits per heavy atom. The molecule has 0 bridgehead atoms. The van der Waals surface area contributed by atoms with Gasteiger partial charge in [0.1, 0.15) is 12.4 Å². The number of fused-ring (bicyclic) bond motifs is 1. The van der Waals surface area contributed by atoms with Crippen molar-refractivity contribution in [3.8, 4) is 5.75 Å². The van der Waals surface area contributed by atoms with Gasteiger partial charge < -0.3 is 24.8 Å². The number of nitrogens with zero attached hydrogens (tertiary/aromatic N) is 3. The number of hydrogen-bond donors (Lipinski definition) is 3. The minimum Gasteiger partial charge on any atom is -0.491 e. The molecule has 1 saturated carbocycles. The normalized spacial score (nSPS) is 20.9. The number of ether oxygens (including phenoxy) is 1. The Bertz CT molecular complexity index is 854. The van der Waals surface area contributed by atoms with E-state index in [0.29, 0.717) is 30.9 Å². The van der Waals surface area contributed by atoms with Gasteiger partial charge in [0.05, 0.1) is 12.9 Å². The Morgan fingerprint density at radius 3 is 2.61 bits per heavy atom. The average molecular weight is 461 g/mol. The zero-order chi connectivity index (χ0) is 24.1. The maximum Gasteiger partial charge on any atom is 0.290 e. The van der Waals surface area contributed by atoms with E-state index >= 15 is 0 Å².